The minimum absolute atomic E-state index is 0.214. The molecule has 0 aliphatic heterocycles. The first-order valence-electron chi connectivity index (χ1n) is 26.2. The molecule has 2 aliphatic carbocycles. The summed E-state index contributed by atoms with van der Waals surface area (Å²) in [5.74, 6) is 0. The van der Waals surface area contributed by atoms with Crippen molar-refractivity contribution in [3.63, 3.8) is 0 Å². The van der Waals surface area contributed by atoms with Gasteiger partial charge in [-0.2, -0.15) is 0 Å². The van der Waals surface area contributed by atoms with E-state index in [-0.39, 0.29) is 10.8 Å². The van der Waals surface area contributed by atoms with Crippen LogP contribution in [-0.4, -0.2) is 9.13 Å². The first-order valence-corrected chi connectivity index (χ1v) is 26.2. The molecule has 0 saturated carbocycles. The zero-order valence-electron chi connectivity index (χ0n) is 41.8. The predicted octanol–water partition coefficient (Wildman–Crippen LogP) is 19.3. The van der Waals surface area contributed by atoms with Gasteiger partial charge in [-0.3, -0.25) is 0 Å². The van der Waals surface area contributed by atoms with Gasteiger partial charge in [0.15, 0.2) is 0 Å². The third-order valence-electron chi connectivity index (χ3n) is 17.5. The number of hydrogen-bond acceptors (Lipinski definition) is 0. The van der Waals surface area contributed by atoms with Gasteiger partial charge in [0.05, 0.1) is 22.1 Å². The number of aromatic nitrogens is 2. The van der Waals surface area contributed by atoms with E-state index in [1.165, 1.54) is 154 Å². The molecule has 2 heteroatoms. The number of benzene rings is 12. The molecule has 0 saturated heterocycles. The fourth-order valence-electron chi connectivity index (χ4n) is 14.0. The molecule has 0 N–H and O–H groups in total. The Morgan fingerprint density at radius 3 is 0.959 bits per heavy atom. The normalized spacial score (nSPS) is 14.2. The van der Waals surface area contributed by atoms with Gasteiger partial charge in [0.1, 0.15) is 0 Å². The highest BCUT2D eigenvalue weighted by molar-refractivity contribution is 6.44. The van der Waals surface area contributed by atoms with Crippen molar-refractivity contribution < 1.29 is 0 Å². The molecule has 0 fully saturated rings. The van der Waals surface area contributed by atoms with E-state index in [1.54, 1.807) is 0 Å². The standard InChI is InChI=1S/C72H50N2/c1-71(2)59-39-45(43-19-7-5-8-20-43)31-35-49(59)51-37-33-47(41-61(51)71)73-63-29-17-15-27-57(63)65-53-23-11-14-26-56(53)68-67(69(65)73)55-25-13-12-24-54(55)66-58-28-16-18-30-64(58)74(70(66)68)48-34-38-52-50-36-32-46(44-21-9-6-10-22-44)40-60(50)72(3,4)62(52)42-48/h5-42H,1-4H3. The van der Waals surface area contributed by atoms with Crippen LogP contribution < -0.4 is 0 Å². The maximum Gasteiger partial charge on any atom is 0.0633 e. The fraction of sp³-hybridized carbons (Fsp3) is 0.0833. The lowest BCUT2D eigenvalue weighted by Crippen LogP contribution is -2.15. The molecule has 0 atom stereocenters. The lowest BCUT2D eigenvalue weighted by molar-refractivity contribution is 0.660. The zero-order chi connectivity index (χ0) is 49.2. The van der Waals surface area contributed by atoms with Crippen LogP contribution in [0.1, 0.15) is 49.9 Å². The Labute approximate surface area is 430 Å². The van der Waals surface area contributed by atoms with Crippen molar-refractivity contribution in [1.82, 2.24) is 9.13 Å². The van der Waals surface area contributed by atoms with Crippen molar-refractivity contribution in [2.75, 3.05) is 0 Å². The van der Waals surface area contributed by atoms with Crippen molar-refractivity contribution in [2.24, 2.45) is 0 Å². The Hall–Kier alpha value is -8.98. The Kier molecular flexibility index (Phi) is 8.33. The highest BCUT2D eigenvalue weighted by atomic mass is 15.0. The van der Waals surface area contributed by atoms with Gasteiger partial charge in [-0.1, -0.05) is 210 Å². The van der Waals surface area contributed by atoms with E-state index < -0.39 is 0 Å². The van der Waals surface area contributed by atoms with E-state index in [0.717, 1.165) is 0 Å². The second-order valence-corrected chi connectivity index (χ2v) is 22.0. The Morgan fingerprint density at radius 1 is 0.257 bits per heavy atom. The van der Waals surface area contributed by atoms with Crippen LogP contribution in [0.3, 0.4) is 0 Å². The van der Waals surface area contributed by atoms with Gasteiger partial charge in [0.2, 0.25) is 0 Å². The molecule has 2 aliphatic rings. The SMILES string of the molecule is CC1(C)c2cc(-c3ccccc3)ccc2-c2ccc(-n3c4ccccc4c4c5ccccc5c5c(c6ccccc6c6c7ccccc7n(-c7ccc8c(c7)C(C)(C)c7cc(-c9ccccc9)ccc7-8)c65)c43)cc21. The van der Waals surface area contributed by atoms with Gasteiger partial charge in [-0.25, -0.2) is 0 Å². The first kappa shape index (κ1) is 41.6. The van der Waals surface area contributed by atoms with Crippen LogP contribution in [-0.2, 0) is 10.8 Å². The molecule has 0 unspecified atom stereocenters. The van der Waals surface area contributed by atoms with Crippen LogP contribution in [0, 0.1) is 0 Å². The van der Waals surface area contributed by atoms with E-state index in [0.29, 0.717) is 0 Å². The van der Waals surface area contributed by atoms with Gasteiger partial charge in [0, 0.05) is 54.5 Å². The van der Waals surface area contributed by atoms with Crippen LogP contribution in [0.15, 0.2) is 231 Å². The molecule has 12 aromatic carbocycles. The monoisotopic (exact) mass is 942 g/mol. The van der Waals surface area contributed by atoms with E-state index in [1.807, 2.05) is 0 Å². The van der Waals surface area contributed by atoms with Crippen molar-refractivity contribution in [3.8, 4) is 55.9 Å². The number of nitrogens with zero attached hydrogens (tertiary/aromatic N) is 2. The Bertz CT molecular complexity index is 4450. The minimum Gasteiger partial charge on any atom is -0.309 e. The van der Waals surface area contributed by atoms with Gasteiger partial charge in [-0.15, -0.1) is 0 Å². The average Bonchev–Trinajstić information content (AvgIpc) is 4.17. The summed E-state index contributed by atoms with van der Waals surface area (Å²) in [6.45, 7) is 9.65. The lowest BCUT2D eigenvalue weighted by atomic mass is 9.81. The number of fused-ring (bicyclic) bond motifs is 21. The molecule has 2 heterocycles. The fourth-order valence-corrected chi connectivity index (χ4v) is 14.0. The van der Waals surface area contributed by atoms with Crippen molar-refractivity contribution in [3.05, 3.63) is 253 Å². The van der Waals surface area contributed by atoms with Crippen LogP contribution >= 0.6 is 0 Å². The van der Waals surface area contributed by atoms with Gasteiger partial charge in [0.25, 0.3) is 0 Å². The molecule has 74 heavy (non-hydrogen) atoms. The van der Waals surface area contributed by atoms with Gasteiger partial charge in [-0.05, 0) is 137 Å². The molecular formula is C72H50N2. The van der Waals surface area contributed by atoms with E-state index in [9.17, 15) is 0 Å². The second-order valence-electron chi connectivity index (χ2n) is 22.0. The first-order chi connectivity index (χ1) is 36.3. The number of para-hydroxylation sites is 2. The summed E-state index contributed by atoms with van der Waals surface area (Å²) in [4.78, 5) is 0. The molecule has 14 aromatic rings. The predicted molar refractivity (Wildman–Crippen MR) is 314 cm³/mol. The summed E-state index contributed by atoms with van der Waals surface area (Å²) in [6, 6.07) is 87.0. The molecule has 16 rings (SSSR count). The molecule has 0 spiro atoms. The maximum absolute atomic E-state index is 2.61. The topological polar surface area (TPSA) is 9.86 Å². The van der Waals surface area contributed by atoms with Crippen LogP contribution in [0.25, 0.3) is 132 Å². The highest BCUT2D eigenvalue weighted by Crippen LogP contribution is 2.55. The highest BCUT2D eigenvalue weighted by Gasteiger charge is 2.38. The smallest absolute Gasteiger partial charge is 0.0633 e. The molecular weight excluding hydrogens is 893 g/mol. The summed E-state index contributed by atoms with van der Waals surface area (Å²) >= 11 is 0. The minimum atomic E-state index is -0.214. The summed E-state index contributed by atoms with van der Waals surface area (Å²) in [7, 11) is 0. The second kappa shape index (κ2) is 14.8. The van der Waals surface area contributed by atoms with Gasteiger partial charge >= 0.3 is 0 Å². The number of rotatable bonds is 4. The Morgan fingerprint density at radius 2 is 0.568 bits per heavy atom. The maximum atomic E-state index is 2.61. The lowest BCUT2D eigenvalue weighted by Gasteiger charge is -2.23. The van der Waals surface area contributed by atoms with Gasteiger partial charge < -0.3 is 9.13 Å². The molecule has 2 aromatic heterocycles. The molecule has 0 amide bonds. The van der Waals surface area contributed by atoms with Crippen LogP contribution in [0.4, 0.5) is 0 Å². The zero-order valence-corrected chi connectivity index (χ0v) is 41.8. The van der Waals surface area contributed by atoms with Crippen molar-refractivity contribution in [1.29, 1.82) is 0 Å². The molecule has 348 valence electrons. The Balaban J connectivity index is 1.00. The van der Waals surface area contributed by atoms with Crippen LogP contribution in [0.2, 0.25) is 0 Å². The third kappa shape index (κ3) is 5.44. The molecule has 2 nitrogen and oxygen atoms in total. The van der Waals surface area contributed by atoms with E-state index in [4.69, 9.17) is 0 Å². The quantitative estimate of drug-likeness (QED) is 0.156. The summed E-state index contributed by atoms with van der Waals surface area (Å²) in [5, 5.41) is 12.7. The van der Waals surface area contributed by atoms with Crippen molar-refractivity contribution >= 4 is 75.9 Å². The van der Waals surface area contributed by atoms with Crippen LogP contribution in [0.5, 0.6) is 0 Å². The summed E-state index contributed by atoms with van der Waals surface area (Å²) < 4.78 is 5.22. The third-order valence-corrected chi connectivity index (χ3v) is 17.5. The van der Waals surface area contributed by atoms with E-state index in [2.05, 4.69) is 267 Å². The summed E-state index contributed by atoms with van der Waals surface area (Å²) in [6.07, 6.45) is 0. The van der Waals surface area contributed by atoms with Crippen molar-refractivity contribution in [2.45, 2.75) is 38.5 Å². The molecule has 0 bridgehead atoms. The average molecular weight is 943 g/mol. The summed E-state index contributed by atoms with van der Waals surface area (Å²) in [5.41, 5.74) is 22.6. The molecule has 0 radical (unpaired) electrons. The largest absolute Gasteiger partial charge is 0.309 e. The van der Waals surface area contributed by atoms with E-state index >= 15 is 0 Å². The number of hydrogen-bond donors (Lipinski definition) is 0.